The van der Waals surface area contributed by atoms with E-state index in [1.807, 2.05) is 47.4 Å². The molecule has 3 rings (SSSR count). The van der Waals surface area contributed by atoms with Crippen molar-refractivity contribution < 1.29 is 14.3 Å². The van der Waals surface area contributed by atoms with E-state index in [1.54, 1.807) is 26.0 Å². The fraction of sp³-hybridized carbons (Fsp3) is 0.235. The molecule has 1 aliphatic heterocycles. The van der Waals surface area contributed by atoms with Crippen LogP contribution in [0.2, 0.25) is 0 Å². The Kier molecular flexibility index (Phi) is 4.82. The minimum atomic E-state index is -0.108. The average Bonchev–Trinajstić information content (AvgIpc) is 2.96. The monoisotopic (exact) mass is 393 g/mol. The van der Waals surface area contributed by atoms with Crippen LogP contribution in [0.1, 0.15) is 10.9 Å². The third kappa shape index (κ3) is 3.19. The van der Waals surface area contributed by atoms with Crippen molar-refractivity contribution in [1.29, 1.82) is 0 Å². The number of amides is 1. The van der Waals surface area contributed by atoms with Gasteiger partial charge in [-0.3, -0.25) is 9.69 Å². The van der Waals surface area contributed by atoms with Gasteiger partial charge in [-0.05, 0) is 42.5 Å². The lowest BCUT2D eigenvalue weighted by Gasteiger charge is -2.26. The molecule has 6 heteroatoms. The van der Waals surface area contributed by atoms with E-state index >= 15 is 0 Å². The van der Waals surface area contributed by atoms with Crippen LogP contribution < -0.4 is 14.4 Å². The third-order valence-corrected chi connectivity index (χ3v) is 5.36. The number of hydrogen-bond acceptors (Lipinski definition) is 4. The second-order valence-corrected chi connectivity index (χ2v) is 7.00. The van der Waals surface area contributed by atoms with Crippen LogP contribution in [-0.2, 0) is 4.79 Å². The maximum absolute atomic E-state index is 12.4. The van der Waals surface area contributed by atoms with Gasteiger partial charge in [-0.15, -0.1) is 11.8 Å². The van der Waals surface area contributed by atoms with Crippen LogP contribution >= 0.6 is 27.7 Å². The minimum absolute atomic E-state index is 0.0900. The van der Waals surface area contributed by atoms with E-state index in [9.17, 15) is 4.79 Å². The Labute approximate surface area is 147 Å². The molecule has 0 unspecified atom stereocenters. The SMILES string of the molecule is COc1ccc(N2C(=O)CS[C@H]2c2cc(Br)ccc2OC)cc1. The van der Waals surface area contributed by atoms with Crippen molar-refractivity contribution in [1.82, 2.24) is 0 Å². The number of nitrogens with zero attached hydrogens (tertiary/aromatic N) is 1. The first kappa shape index (κ1) is 16.2. The molecule has 0 spiro atoms. The summed E-state index contributed by atoms with van der Waals surface area (Å²) in [6.07, 6.45) is 0. The van der Waals surface area contributed by atoms with E-state index in [-0.39, 0.29) is 11.3 Å². The number of methoxy groups -OCH3 is 2. The largest absolute Gasteiger partial charge is 0.497 e. The predicted octanol–water partition coefficient (Wildman–Crippen LogP) is 4.24. The van der Waals surface area contributed by atoms with Crippen molar-refractivity contribution in [2.75, 3.05) is 24.9 Å². The van der Waals surface area contributed by atoms with E-state index in [2.05, 4.69) is 15.9 Å². The summed E-state index contributed by atoms with van der Waals surface area (Å²) in [6.45, 7) is 0. The van der Waals surface area contributed by atoms with Crippen molar-refractivity contribution in [2.45, 2.75) is 5.37 Å². The third-order valence-electron chi connectivity index (χ3n) is 3.68. The van der Waals surface area contributed by atoms with Gasteiger partial charge in [0, 0.05) is 15.7 Å². The summed E-state index contributed by atoms with van der Waals surface area (Å²) in [7, 11) is 3.27. The van der Waals surface area contributed by atoms with E-state index in [4.69, 9.17) is 9.47 Å². The van der Waals surface area contributed by atoms with E-state index < -0.39 is 0 Å². The molecule has 0 bridgehead atoms. The zero-order chi connectivity index (χ0) is 16.4. The van der Waals surface area contributed by atoms with Crippen molar-refractivity contribution in [2.24, 2.45) is 0 Å². The zero-order valence-corrected chi connectivity index (χ0v) is 15.2. The van der Waals surface area contributed by atoms with Crippen LogP contribution in [0.4, 0.5) is 5.69 Å². The molecule has 1 fully saturated rings. The summed E-state index contributed by atoms with van der Waals surface area (Å²) < 4.78 is 11.6. The van der Waals surface area contributed by atoms with Crippen molar-refractivity contribution >= 4 is 39.3 Å². The Morgan fingerprint density at radius 3 is 2.52 bits per heavy atom. The summed E-state index contributed by atoms with van der Waals surface area (Å²) in [5.41, 5.74) is 1.83. The lowest BCUT2D eigenvalue weighted by molar-refractivity contribution is -0.115. The molecular formula is C17H16BrNO3S. The lowest BCUT2D eigenvalue weighted by Crippen LogP contribution is -2.28. The number of benzene rings is 2. The van der Waals surface area contributed by atoms with Gasteiger partial charge in [-0.1, -0.05) is 15.9 Å². The molecular weight excluding hydrogens is 378 g/mol. The Bertz CT molecular complexity index is 720. The molecule has 4 nitrogen and oxygen atoms in total. The maximum Gasteiger partial charge on any atom is 0.238 e. The van der Waals surface area contributed by atoms with Gasteiger partial charge < -0.3 is 9.47 Å². The van der Waals surface area contributed by atoms with Crippen LogP contribution in [-0.4, -0.2) is 25.9 Å². The second-order valence-electron chi connectivity index (χ2n) is 5.01. The lowest BCUT2D eigenvalue weighted by atomic mass is 10.1. The number of ether oxygens (including phenoxy) is 2. The predicted molar refractivity (Wildman–Crippen MR) is 96.4 cm³/mol. The van der Waals surface area contributed by atoms with Gasteiger partial charge in [0.2, 0.25) is 5.91 Å². The number of carbonyl (C=O) groups is 1. The fourth-order valence-electron chi connectivity index (χ4n) is 2.57. The van der Waals surface area contributed by atoms with Crippen molar-refractivity contribution in [3.63, 3.8) is 0 Å². The molecule has 1 heterocycles. The van der Waals surface area contributed by atoms with Crippen molar-refractivity contribution in [3.05, 3.63) is 52.5 Å². The molecule has 0 aromatic heterocycles. The van der Waals surface area contributed by atoms with Gasteiger partial charge in [-0.25, -0.2) is 0 Å². The van der Waals surface area contributed by atoms with Gasteiger partial charge in [0.1, 0.15) is 16.9 Å². The Morgan fingerprint density at radius 2 is 1.87 bits per heavy atom. The molecule has 0 radical (unpaired) electrons. The molecule has 0 N–H and O–H groups in total. The number of rotatable bonds is 4. The van der Waals surface area contributed by atoms with E-state index in [0.717, 1.165) is 27.2 Å². The maximum atomic E-state index is 12.4. The van der Waals surface area contributed by atoms with Crippen LogP contribution in [0, 0.1) is 0 Å². The molecule has 1 saturated heterocycles. The Morgan fingerprint density at radius 1 is 1.13 bits per heavy atom. The first-order chi connectivity index (χ1) is 11.1. The molecule has 2 aromatic rings. The Hall–Kier alpha value is -1.66. The van der Waals surface area contributed by atoms with Crippen LogP contribution in [0.3, 0.4) is 0 Å². The van der Waals surface area contributed by atoms with Crippen LogP contribution in [0.5, 0.6) is 11.5 Å². The highest BCUT2D eigenvalue weighted by molar-refractivity contribution is 9.10. The average molecular weight is 394 g/mol. The van der Waals surface area contributed by atoms with Gasteiger partial charge in [0.25, 0.3) is 0 Å². The quantitative estimate of drug-likeness (QED) is 0.778. The Balaban J connectivity index is 2.01. The molecule has 1 atom stereocenters. The fourth-order valence-corrected chi connectivity index (χ4v) is 4.14. The number of hydrogen-bond donors (Lipinski definition) is 0. The number of carbonyl (C=O) groups excluding carboxylic acids is 1. The van der Waals surface area contributed by atoms with Crippen LogP contribution in [0.15, 0.2) is 46.9 Å². The summed E-state index contributed by atoms with van der Waals surface area (Å²) >= 11 is 5.10. The van der Waals surface area contributed by atoms with E-state index in [1.165, 1.54) is 0 Å². The zero-order valence-electron chi connectivity index (χ0n) is 12.8. The number of anilines is 1. The van der Waals surface area contributed by atoms with Crippen molar-refractivity contribution in [3.8, 4) is 11.5 Å². The first-order valence-corrected chi connectivity index (χ1v) is 8.89. The molecule has 2 aromatic carbocycles. The normalized spacial score (nSPS) is 17.4. The highest BCUT2D eigenvalue weighted by Gasteiger charge is 2.35. The number of thioether (sulfide) groups is 1. The molecule has 1 amide bonds. The standard InChI is InChI=1S/C17H16BrNO3S/c1-21-13-6-4-12(5-7-13)19-16(20)10-23-17(19)14-9-11(18)3-8-15(14)22-2/h3-9,17H,10H2,1-2H3/t17-/m0/s1. The summed E-state index contributed by atoms with van der Waals surface area (Å²) in [5.74, 6) is 2.09. The van der Waals surface area contributed by atoms with Gasteiger partial charge in [0.05, 0.1) is 20.0 Å². The molecule has 23 heavy (non-hydrogen) atoms. The van der Waals surface area contributed by atoms with Gasteiger partial charge >= 0.3 is 0 Å². The topological polar surface area (TPSA) is 38.8 Å². The highest BCUT2D eigenvalue weighted by Crippen LogP contribution is 2.45. The molecule has 0 aliphatic carbocycles. The highest BCUT2D eigenvalue weighted by atomic mass is 79.9. The first-order valence-electron chi connectivity index (χ1n) is 7.05. The number of halogens is 1. The summed E-state index contributed by atoms with van der Waals surface area (Å²) in [6, 6.07) is 13.4. The second kappa shape index (κ2) is 6.84. The molecule has 0 saturated carbocycles. The van der Waals surface area contributed by atoms with Crippen LogP contribution in [0.25, 0.3) is 0 Å². The summed E-state index contributed by atoms with van der Waals surface area (Å²) in [4.78, 5) is 14.2. The molecule has 1 aliphatic rings. The van der Waals surface area contributed by atoms with E-state index in [0.29, 0.717) is 5.75 Å². The molecule has 120 valence electrons. The summed E-state index contributed by atoms with van der Waals surface area (Å²) in [5, 5.41) is -0.108. The minimum Gasteiger partial charge on any atom is -0.497 e. The van der Waals surface area contributed by atoms with Gasteiger partial charge in [-0.2, -0.15) is 0 Å². The smallest absolute Gasteiger partial charge is 0.238 e. The van der Waals surface area contributed by atoms with Gasteiger partial charge in [0.15, 0.2) is 0 Å².